The minimum absolute atomic E-state index is 0.306. The third-order valence-corrected chi connectivity index (χ3v) is 3.73. The van der Waals surface area contributed by atoms with Crippen molar-refractivity contribution in [1.29, 1.82) is 0 Å². The molecule has 0 amide bonds. The Morgan fingerprint density at radius 1 is 1.11 bits per heavy atom. The van der Waals surface area contributed by atoms with E-state index in [1.807, 2.05) is 0 Å². The van der Waals surface area contributed by atoms with Crippen LogP contribution in [0.3, 0.4) is 0 Å². The van der Waals surface area contributed by atoms with Gasteiger partial charge >= 0.3 is 0 Å². The third kappa shape index (κ3) is 1.76. The summed E-state index contributed by atoms with van der Waals surface area (Å²) in [5.74, 6) is -1.76. The van der Waals surface area contributed by atoms with Crippen LogP contribution < -0.4 is 0 Å². The van der Waals surface area contributed by atoms with Crippen LogP contribution in [0, 0.1) is 11.6 Å². The number of aromatic nitrogens is 2. The highest BCUT2D eigenvalue weighted by Crippen LogP contribution is 2.36. The Morgan fingerprint density at radius 3 is 2.72 bits per heavy atom. The molecule has 0 spiro atoms. The monoisotopic (exact) mass is 282 g/mol. The highest BCUT2D eigenvalue weighted by atomic mass is 35.5. The predicted octanol–water partition coefficient (Wildman–Crippen LogP) is 4.29. The molecule has 90 valence electrons. The van der Waals surface area contributed by atoms with E-state index in [0.717, 1.165) is 17.0 Å². The number of fused-ring (bicyclic) bond motifs is 1. The second kappa shape index (κ2) is 4.26. The van der Waals surface area contributed by atoms with E-state index >= 15 is 0 Å². The smallest absolute Gasteiger partial charge is 0.159 e. The molecule has 0 aliphatic rings. The van der Waals surface area contributed by atoms with Crippen molar-refractivity contribution in [3.63, 3.8) is 0 Å². The second-order valence-corrected chi connectivity index (χ2v) is 4.84. The summed E-state index contributed by atoms with van der Waals surface area (Å²) in [5, 5.41) is 2.77. The molecule has 2 heterocycles. The van der Waals surface area contributed by atoms with Crippen LogP contribution in [-0.2, 0) is 0 Å². The Morgan fingerprint density at radius 2 is 1.94 bits per heavy atom. The molecule has 0 aliphatic heterocycles. The van der Waals surface area contributed by atoms with Crippen LogP contribution in [0.25, 0.3) is 21.3 Å². The van der Waals surface area contributed by atoms with Crippen LogP contribution in [0.5, 0.6) is 0 Å². The zero-order valence-corrected chi connectivity index (χ0v) is 10.4. The Hall–Kier alpha value is -1.59. The van der Waals surface area contributed by atoms with Gasteiger partial charge in [0.2, 0.25) is 0 Å². The van der Waals surface area contributed by atoms with Gasteiger partial charge < -0.3 is 0 Å². The Bertz CT molecular complexity index is 742. The van der Waals surface area contributed by atoms with E-state index in [2.05, 4.69) is 9.97 Å². The fourth-order valence-electron chi connectivity index (χ4n) is 1.71. The molecule has 0 saturated heterocycles. The molecule has 0 fully saturated rings. The van der Waals surface area contributed by atoms with E-state index in [9.17, 15) is 8.78 Å². The molecule has 0 N–H and O–H groups in total. The molecule has 0 bridgehead atoms. The van der Waals surface area contributed by atoms with Crippen molar-refractivity contribution in [2.45, 2.75) is 0 Å². The topological polar surface area (TPSA) is 25.8 Å². The highest BCUT2D eigenvalue weighted by molar-refractivity contribution is 7.17. The molecule has 0 saturated carbocycles. The fourth-order valence-corrected chi connectivity index (χ4v) is 2.92. The molecule has 2 nitrogen and oxygen atoms in total. The van der Waals surface area contributed by atoms with Crippen molar-refractivity contribution in [2.75, 3.05) is 0 Å². The van der Waals surface area contributed by atoms with Gasteiger partial charge in [-0.3, -0.25) is 0 Å². The van der Waals surface area contributed by atoms with Crippen LogP contribution >= 0.6 is 22.9 Å². The van der Waals surface area contributed by atoms with E-state index in [0.29, 0.717) is 21.7 Å². The minimum Gasteiger partial charge on any atom is -0.225 e. The zero-order valence-electron chi connectivity index (χ0n) is 8.82. The van der Waals surface area contributed by atoms with Gasteiger partial charge in [-0.25, -0.2) is 18.7 Å². The lowest BCUT2D eigenvalue weighted by atomic mass is 10.1. The number of hydrogen-bond donors (Lipinski definition) is 0. The largest absolute Gasteiger partial charge is 0.225 e. The Labute approximate surface area is 110 Å². The molecular formula is C12H5ClF2N2S. The van der Waals surface area contributed by atoms with Gasteiger partial charge in [0, 0.05) is 10.9 Å². The summed E-state index contributed by atoms with van der Waals surface area (Å²) in [6.45, 7) is 0. The number of hydrogen-bond acceptors (Lipinski definition) is 3. The lowest BCUT2D eigenvalue weighted by Crippen LogP contribution is -1.86. The van der Waals surface area contributed by atoms with Crippen LogP contribution in [0.15, 0.2) is 29.9 Å². The molecular weight excluding hydrogens is 278 g/mol. The summed E-state index contributed by atoms with van der Waals surface area (Å²) in [7, 11) is 0. The first-order valence-corrected chi connectivity index (χ1v) is 6.25. The predicted molar refractivity (Wildman–Crippen MR) is 67.8 cm³/mol. The number of benzene rings is 1. The minimum atomic E-state index is -0.889. The standard InChI is InChI=1S/C12H5ClF2N2S/c13-11-10-7(4-18-12(10)17-5-16-11)6-1-2-8(14)9(15)3-6/h1-5H. The molecule has 2 aromatic heterocycles. The Balaban J connectivity index is 2.28. The fraction of sp³-hybridized carbons (Fsp3) is 0. The molecule has 0 radical (unpaired) electrons. The van der Waals surface area contributed by atoms with Gasteiger partial charge in [0.25, 0.3) is 0 Å². The molecule has 6 heteroatoms. The van der Waals surface area contributed by atoms with E-state index in [1.54, 1.807) is 5.38 Å². The van der Waals surface area contributed by atoms with Crippen molar-refractivity contribution < 1.29 is 8.78 Å². The summed E-state index contributed by atoms with van der Waals surface area (Å²) in [6, 6.07) is 3.73. The Kier molecular flexibility index (Phi) is 2.72. The number of nitrogens with zero attached hydrogens (tertiary/aromatic N) is 2. The first kappa shape index (κ1) is 11.5. The van der Waals surface area contributed by atoms with Gasteiger partial charge in [-0.05, 0) is 17.7 Å². The lowest BCUT2D eigenvalue weighted by molar-refractivity contribution is 0.509. The van der Waals surface area contributed by atoms with Crippen molar-refractivity contribution in [2.24, 2.45) is 0 Å². The maximum atomic E-state index is 13.2. The number of thiophene rings is 1. The van der Waals surface area contributed by atoms with Crippen molar-refractivity contribution in [1.82, 2.24) is 9.97 Å². The summed E-state index contributed by atoms with van der Waals surface area (Å²) >= 11 is 7.39. The van der Waals surface area contributed by atoms with Gasteiger partial charge in [0.1, 0.15) is 16.3 Å². The SMILES string of the molecule is Fc1ccc(-c2csc3ncnc(Cl)c23)cc1F. The van der Waals surface area contributed by atoms with Crippen LogP contribution in [-0.4, -0.2) is 9.97 Å². The molecule has 1 aromatic carbocycles. The summed E-state index contributed by atoms with van der Waals surface area (Å²) < 4.78 is 26.1. The summed E-state index contributed by atoms with van der Waals surface area (Å²) in [5.41, 5.74) is 1.26. The van der Waals surface area contributed by atoms with Gasteiger partial charge in [-0.15, -0.1) is 11.3 Å². The molecule has 0 unspecified atom stereocenters. The van der Waals surface area contributed by atoms with Crippen LogP contribution in [0.4, 0.5) is 8.78 Å². The molecule has 3 aromatic rings. The summed E-state index contributed by atoms with van der Waals surface area (Å²) in [4.78, 5) is 8.70. The van der Waals surface area contributed by atoms with Crippen molar-refractivity contribution >= 4 is 33.2 Å². The van der Waals surface area contributed by atoms with Crippen LogP contribution in [0.1, 0.15) is 0 Å². The van der Waals surface area contributed by atoms with Gasteiger partial charge in [-0.2, -0.15) is 0 Å². The van der Waals surface area contributed by atoms with Crippen molar-refractivity contribution in [3.05, 3.63) is 46.7 Å². The van der Waals surface area contributed by atoms with Crippen LogP contribution in [0.2, 0.25) is 5.15 Å². The normalized spacial score (nSPS) is 11.1. The van der Waals surface area contributed by atoms with Gasteiger partial charge in [0.05, 0.1) is 5.39 Å². The van der Waals surface area contributed by atoms with E-state index < -0.39 is 11.6 Å². The van der Waals surface area contributed by atoms with E-state index in [4.69, 9.17) is 11.6 Å². The maximum Gasteiger partial charge on any atom is 0.159 e. The van der Waals surface area contributed by atoms with E-state index in [1.165, 1.54) is 23.7 Å². The summed E-state index contributed by atoms with van der Waals surface area (Å²) in [6.07, 6.45) is 1.37. The molecule has 18 heavy (non-hydrogen) atoms. The average Bonchev–Trinajstić information content (AvgIpc) is 2.78. The third-order valence-electron chi connectivity index (χ3n) is 2.55. The molecule has 0 atom stereocenters. The first-order chi connectivity index (χ1) is 8.66. The first-order valence-electron chi connectivity index (χ1n) is 5.00. The molecule has 0 aliphatic carbocycles. The van der Waals surface area contributed by atoms with Gasteiger partial charge in [0.15, 0.2) is 11.6 Å². The van der Waals surface area contributed by atoms with Crippen molar-refractivity contribution in [3.8, 4) is 11.1 Å². The maximum absolute atomic E-state index is 13.2. The quantitative estimate of drug-likeness (QED) is 0.622. The van der Waals surface area contributed by atoms with Gasteiger partial charge in [-0.1, -0.05) is 17.7 Å². The highest BCUT2D eigenvalue weighted by Gasteiger charge is 2.13. The molecule has 3 rings (SSSR count). The lowest BCUT2D eigenvalue weighted by Gasteiger charge is -2.01. The number of halogens is 3. The van der Waals surface area contributed by atoms with E-state index in [-0.39, 0.29) is 0 Å². The number of rotatable bonds is 1. The zero-order chi connectivity index (χ0) is 12.7. The second-order valence-electron chi connectivity index (χ2n) is 3.62. The average molecular weight is 283 g/mol.